The Morgan fingerprint density at radius 3 is 0.639 bits per heavy atom. The number of nitrogens with zero attached hydrogens (tertiary/aromatic N) is 5. The largest absolute Gasteiger partial charge is 0.264 e. The first-order valence-corrected chi connectivity index (χ1v) is 51.5. The Morgan fingerprint density at radius 2 is 0.333 bits per heavy atom. The van der Waals surface area contributed by atoms with Crippen LogP contribution in [0.2, 0.25) is 0 Å². The van der Waals surface area contributed by atoms with Gasteiger partial charge < -0.3 is 0 Å². The van der Waals surface area contributed by atoms with Crippen LogP contribution in [0.1, 0.15) is 0 Å². The van der Waals surface area contributed by atoms with Gasteiger partial charge in [-0.05, 0) is 79.4 Å². The molecular formula is C135H91N5S4. The molecule has 9 heteroatoms. The van der Waals surface area contributed by atoms with E-state index in [4.69, 9.17) is 19.9 Å². The van der Waals surface area contributed by atoms with Crippen molar-refractivity contribution in [3.8, 4) is 195 Å². The monoisotopic (exact) mass is 1910 g/mol. The van der Waals surface area contributed by atoms with Crippen LogP contribution in [0.25, 0.3) is 238 Å². The third-order valence-electron chi connectivity index (χ3n) is 26.3. The maximum Gasteiger partial charge on any atom is 0.116 e. The Labute approximate surface area is 854 Å². The average molecular weight is 1910 g/mol. The zero-order valence-electron chi connectivity index (χ0n) is 78.4. The smallest absolute Gasteiger partial charge is 0.116 e. The van der Waals surface area contributed by atoms with Gasteiger partial charge in [0.05, 0.1) is 17.1 Å². The van der Waals surface area contributed by atoms with Crippen LogP contribution in [0, 0.1) is 0 Å². The third kappa shape index (κ3) is 18.4. The van der Waals surface area contributed by atoms with Crippen molar-refractivity contribution in [3.05, 3.63) is 553 Å². The molecule has 0 spiro atoms. The molecule has 0 atom stereocenters. The van der Waals surface area contributed by atoms with Crippen molar-refractivity contribution in [1.29, 1.82) is 0 Å². The Kier molecular flexibility index (Phi) is 26.4. The molecule has 0 aliphatic rings. The van der Waals surface area contributed by atoms with E-state index in [2.05, 4.69) is 496 Å². The Balaban J connectivity index is 0.000000107. The van der Waals surface area contributed by atoms with E-state index in [9.17, 15) is 0 Å². The van der Waals surface area contributed by atoms with Crippen LogP contribution in [0.4, 0.5) is 0 Å². The minimum absolute atomic E-state index is 0.944. The standard InChI is InChI=1S/C37H25NS.C36H24N2S.2C31H21NS/c1-4-14-26(15-5-1)29-20-10-11-21-30(29)36-31-22-12-13-23-32(31)37(39-36)35-33(27-16-6-2-7-17-27)24-38-25-34(35)28-18-8-3-9-19-28;1-4-14-25(15-5-1)28-20-10-11-21-29(28)35-30-22-12-13-23-31(30)36(39-35)32-33(26-16-6-2-7-17-26)37-24-38-34(32)27-18-8-3-9-19-27;1-3-12-22(13-4-1)24-16-7-8-17-25(24)30-26-18-9-10-19-27(26)31(33-30)28-20-11-21-32-29(28)23-14-5-2-6-15-23;1-3-11-22(12-4-1)24-15-7-8-16-25(24)30-26-17-9-10-18-27(26)31(33-30)28-19-20-32-21-29(28)23-13-5-2-6-14-23/h1-25H;1-24H;2*1-21H. The lowest BCUT2D eigenvalue weighted by Gasteiger charge is -2.15. The molecule has 0 radical (unpaired) electrons. The minimum Gasteiger partial charge on any atom is -0.264 e. The highest BCUT2D eigenvalue weighted by Crippen LogP contribution is 2.56. The molecule has 26 aromatic rings. The molecule has 5 nitrogen and oxygen atoms in total. The molecule has 0 N–H and O–H groups in total. The van der Waals surface area contributed by atoms with Crippen molar-refractivity contribution >= 4 is 88.4 Å². The molecule has 8 aromatic heterocycles. The van der Waals surface area contributed by atoms with Crippen molar-refractivity contribution in [2.24, 2.45) is 0 Å². The van der Waals surface area contributed by atoms with E-state index in [0.29, 0.717) is 0 Å². The van der Waals surface area contributed by atoms with E-state index in [1.165, 1.54) is 182 Å². The van der Waals surface area contributed by atoms with Crippen LogP contribution in [0.15, 0.2) is 553 Å². The quantitative estimate of drug-likeness (QED) is 0.0857. The topological polar surface area (TPSA) is 64.5 Å². The molecule has 8 heterocycles. The summed E-state index contributed by atoms with van der Waals surface area (Å²) in [6, 6.07) is 182. The van der Waals surface area contributed by atoms with Gasteiger partial charge in [0.25, 0.3) is 0 Å². The molecule has 0 saturated carbocycles. The third-order valence-corrected chi connectivity index (χ3v) is 31.4. The van der Waals surface area contributed by atoms with Gasteiger partial charge in [0.15, 0.2) is 0 Å². The number of thiophene rings is 4. The number of aromatic nitrogens is 5. The zero-order valence-corrected chi connectivity index (χ0v) is 81.7. The van der Waals surface area contributed by atoms with Crippen molar-refractivity contribution in [3.63, 3.8) is 0 Å². The zero-order chi connectivity index (χ0) is 96.1. The van der Waals surface area contributed by atoms with Crippen molar-refractivity contribution in [2.45, 2.75) is 0 Å². The van der Waals surface area contributed by atoms with Gasteiger partial charge in [-0.15, -0.1) is 45.3 Å². The van der Waals surface area contributed by atoms with Gasteiger partial charge in [0.1, 0.15) is 6.33 Å². The summed E-state index contributed by atoms with van der Waals surface area (Å²) in [5.41, 5.74) is 32.8. The molecule has 0 saturated heterocycles. The van der Waals surface area contributed by atoms with Crippen LogP contribution in [-0.2, 0) is 0 Å². The second-order valence-electron chi connectivity index (χ2n) is 34.9. The van der Waals surface area contributed by atoms with Crippen LogP contribution in [0.3, 0.4) is 0 Å². The maximum absolute atomic E-state index is 4.86. The normalized spacial score (nSPS) is 11.1. The summed E-state index contributed by atoms with van der Waals surface area (Å²) in [7, 11) is 0. The van der Waals surface area contributed by atoms with Crippen molar-refractivity contribution in [1.82, 2.24) is 24.9 Å². The number of fused-ring (bicyclic) bond motifs is 4. The highest BCUT2D eigenvalue weighted by molar-refractivity contribution is 7.22. The summed E-state index contributed by atoms with van der Waals surface area (Å²) in [5.74, 6) is 0. The first-order valence-electron chi connectivity index (χ1n) is 48.3. The SMILES string of the molecule is c1ccc(-c2ccccc2-c2sc(-c3c(-c4ccccc4)cncc3-c3ccccc3)c3ccccc23)cc1.c1ccc(-c2ccccc2-c2sc(-c3c(-c4ccccc4)ncnc3-c3ccccc3)c3ccccc23)cc1.c1ccc(-c2ccccc2-c2sc(-c3cccnc3-c3ccccc3)c3ccccc23)cc1.c1ccc(-c2ccccc2-c2sc(-c3ccncc3-c3ccccc3)c3ccccc23)cc1. The van der Waals surface area contributed by atoms with Gasteiger partial charge in [-0.25, -0.2) is 9.97 Å². The van der Waals surface area contributed by atoms with Crippen LogP contribution in [-0.4, -0.2) is 24.9 Å². The Bertz CT molecular complexity index is 8090. The van der Waals surface area contributed by atoms with Gasteiger partial charge >= 0.3 is 0 Å². The summed E-state index contributed by atoms with van der Waals surface area (Å²) >= 11 is 7.43. The fourth-order valence-corrected chi connectivity index (χ4v) is 25.1. The molecule has 0 aliphatic heterocycles. The molecule has 0 fully saturated rings. The predicted molar refractivity (Wildman–Crippen MR) is 614 cm³/mol. The highest BCUT2D eigenvalue weighted by atomic mass is 32.1. The molecule has 26 rings (SSSR count). The number of rotatable bonds is 18. The van der Waals surface area contributed by atoms with Crippen LogP contribution >= 0.6 is 45.3 Å². The van der Waals surface area contributed by atoms with E-state index in [1.54, 1.807) is 6.33 Å². The van der Waals surface area contributed by atoms with E-state index in [-0.39, 0.29) is 0 Å². The van der Waals surface area contributed by atoms with Gasteiger partial charge in [-0.3, -0.25) is 15.0 Å². The lowest BCUT2D eigenvalue weighted by atomic mass is 9.91. The minimum atomic E-state index is 0.944. The number of hydrogen-bond acceptors (Lipinski definition) is 9. The number of hydrogen-bond donors (Lipinski definition) is 0. The lowest BCUT2D eigenvalue weighted by molar-refractivity contribution is 1.18. The summed E-state index contributed by atoms with van der Waals surface area (Å²) < 4.78 is 0. The summed E-state index contributed by atoms with van der Waals surface area (Å²) in [4.78, 5) is 33.8. The fraction of sp³-hybridized carbons (Fsp3) is 0. The second-order valence-corrected chi connectivity index (χ2v) is 39.0. The van der Waals surface area contributed by atoms with Crippen LogP contribution < -0.4 is 0 Å². The molecule has 0 amide bonds. The van der Waals surface area contributed by atoms with Gasteiger partial charge in [0.2, 0.25) is 0 Å². The predicted octanol–water partition coefficient (Wildman–Crippen LogP) is 38.6. The van der Waals surface area contributed by atoms with Crippen molar-refractivity contribution in [2.75, 3.05) is 0 Å². The fourth-order valence-electron chi connectivity index (χ4n) is 19.6. The summed E-state index contributed by atoms with van der Waals surface area (Å²) in [6.07, 6.45) is 11.5. The highest BCUT2D eigenvalue weighted by Gasteiger charge is 2.28. The van der Waals surface area contributed by atoms with Gasteiger partial charge in [0, 0.05) is 191 Å². The summed E-state index contributed by atoms with van der Waals surface area (Å²) in [5, 5.41) is 10.1. The Morgan fingerprint density at radius 1 is 0.125 bits per heavy atom. The van der Waals surface area contributed by atoms with E-state index in [1.807, 2.05) is 101 Å². The van der Waals surface area contributed by atoms with E-state index in [0.717, 1.165) is 56.0 Å². The van der Waals surface area contributed by atoms with Gasteiger partial charge in [-0.2, -0.15) is 0 Å². The molecule has 0 unspecified atom stereocenters. The molecule has 680 valence electrons. The van der Waals surface area contributed by atoms with Crippen molar-refractivity contribution < 1.29 is 0 Å². The van der Waals surface area contributed by atoms with Gasteiger partial charge in [-0.1, -0.05) is 497 Å². The number of pyridine rings is 3. The second kappa shape index (κ2) is 42.2. The maximum atomic E-state index is 4.86. The van der Waals surface area contributed by atoms with Crippen LogP contribution in [0.5, 0.6) is 0 Å². The molecule has 18 aromatic carbocycles. The first-order chi connectivity index (χ1) is 71.6. The lowest BCUT2D eigenvalue weighted by Crippen LogP contribution is -1.95. The summed E-state index contributed by atoms with van der Waals surface area (Å²) in [6.45, 7) is 0. The van der Waals surface area contributed by atoms with E-state index < -0.39 is 0 Å². The number of benzene rings is 18. The molecule has 0 bridgehead atoms. The average Bonchev–Trinajstić information content (AvgIpc) is 1.70. The Hall–Kier alpha value is -17.7. The molecular weight excluding hydrogens is 1820 g/mol. The first kappa shape index (κ1) is 90.2. The molecule has 144 heavy (non-hydrogen) atoms. The van der Waals surface area contributed by atoms with E-state index >= 15 is 0 Å². The molecule has 0 aliphatic carbocycles.